The number of carbonyl (C=O) groups excluding carboxylic acids is 2. The summed E-state index contributed by atoms with van der Waals surface area (Å²) in [7, 11) is 0. The van der Waals surface area contributed by atoms with E-state index in [1.807, 2.05) is 12.1 Å². The number of rotatable bonds is 3. The minimum absolute atomic E-state index is 0.0801. The third kappa shape index (κ3) is 3.12. The smallest absolute Gasteiger partial charge is 0.305 e. The second-order valence-corrected chi connectivity index (χ2v) is 5.72. The highest BCUT2D eigenvalue weighted by Gasteiger charge is 2.19. The number of fused-ring (bicyclic) bond motifs is 1. The van der Waals surface area contributed by atoms with Crippen LogP contribution < -0.4 is 10.9 Å². The van der Waals surface area contributed by atoms with Gasteiger partial charge in [0.2, 0.25) is 0 Å². The number of nitro groups is 1. The molecule has 1 aromatic heterocycles. The van der Waals surface area contributed by atoms with Gasteiger partial charge in [-0.2, -0.15) is 0 Å². The first kappa shape index (κ1) is 17.2. The molecule has 0 radical (unpaired) electrons. The molecule has 1 heterocycles. The number of para-hydroxylation sites is 1. The molecule has 2 aromatic carbocycles. The van der Waals surface area contributed by atoms with E-state index in [4.69, 9.17) is 4.42 Å². The minimum atomic E-state index is -0.592. The normalized spacial score (nSPS) is 10.5. The average molecular weight is 353 g/mol. The van der Waals surface area contributed by atoms with Crippen LogP contribution in [0.5, 0.6) is 0 Å². The zero-order chi connectivity index (χ0) is 18.8. The molecule has 0 atom stereocenters. The monoisotopic (exact) mass is 353 g/mol. The molecule has 0 saturated heterocycles. The first-order chi connectivity index (χ1) is 12.4. The third-order valence-electron chi connectivity index (χ3n) is 4.00. The average Bonchev–Trinajstić information content (AvgIpc) is 2.96. The van der Waals surface area contributed by atoms with E-state index in [9.17, 15) is 19.7 Å². The van der Waals surface area contributed by atoms with E-state index < -0.39 is 16.7 Å². The first-order valence-electron chi connectivity index (χ1n) is 7.72. The van der Waals surface area contributed by atoms with E-state index in [-0.39, 0.29) is 17.0 Å². The summed E-state index contributed by atoms with van der Waals surface area (Å²) in [4.78, 5) is 34.7. The molecular formula is C18H15N3O5. The molecule has 0 bridgehead atoms. The van der Waals surface area contributed by atoms with Gasteiger partial charge in [-0.25, -0.2) is 0 Å². The van der Waals surface area contributed by atoms with Gasteiger partial charge in [-0.05, 0) is 32.0 Å². The largest absolute Gasteiger partial charge is 0.451 e. The summed E-state index contributed by atoms with van der Waals surface area (Å²) in [6, 6.07) is 11.2. The van der Waals surface area contributed by atoms with Crippen LogP contribution in [-0.4, -0.2) is 16.7 Å². The maximum absolute atomic E-state index is 12.3. The number of nitrogens with one attached hydrogen (secondary N) is 2. The van der Waals surface area contributed by atoms with Gasteiger partial charge in [0.25, 0.3) is 11.6 Å². The Morgan fingerprint density at radius 2 is 1.73 bits per heavy atom. The Balaban J connectivity index is 1.72. The Bertz CT molecular complexity index is 1040. The van der Waals surface area contributed by atoms with E-state index >= 15 is 0 Å². The molecule has 0 aliphatic rings. The third-order valence-corrected chi connectivity index (χ3v) is 4.00. The van der Waals surface area contributed by atoms with E-state index in [1.165, 1.54) is 25.1 Å². The number of aryl methyl sites for hydroxylation is 2. The Morgan fingerprint density at radius 3 is 2.38 bits per heavy atom. The molecule has 2 amide bonds. The quantitative estimate of drug-likeness (QED) is 0.555. The molecule has 8 heteroatoms. The number of nitrogens with zero attached hydrogens (tertiary/aromatic N) is 1. The van der Waals surface area contributed by atoms with Crippen molar-refractivity contribution in [3.8, 4) is 0 Å². The number of carbonyl (C=O) groups is 2. The van der Waals surface area contributed by atoms with E-state index in [0.29, 0.717) is 16.7 Å². The topological polar surface area (TPSA) is 114 Å². The SMILES string of the molecule is Cc1cc(C(=O)NNC(=O)c2oc3ccccc3c2C)ccc1[N+](=O)[O-]. The van der Waals surface area contributed by atoms with Gasteiger partial charge in [0.1, 0.15) is 5.58 Å². The van der Waals surface area contributed by atoms with Gasteiger partial charge in [0, 0.05) is 28.1 Å². The van der Waals surface area contributed by atoms with E-state index in [2.05, 4.69) is 10.9 Å². The number of benzene rings is 2. The summed E-state index contributed by atoms with van der Waals surface area (Å²) in [5.74, 6) is -1.08. The molecule has 26 heavy (non-hydrogen) atoms. The van der Waals surface area contributed by atoms with E-state index in [1.54, 1.807) is 19.1 Å². The van der Waals surface area contributed by atoms with Crippen LogP contribution in [0.25, 0.3) is 11.0 Å². The number of nitro benzene ring substituents is 1. The van der Waals surface area contributed by atoms with Crippen molar-refractivity contribution in [3.63, 3.8) is 0 Å². The van der Waals surface area contributed by atoms with Gasteiger partial charge in [-0.1, -0.05) is 18.2 Å². The molecule has 0 saturated carbocycles. The maximum atomic E-state index is 12.3. The highest BCUT2D eigenvalue weighted by molar-refractivity contribution is 6.01. The predicted octanol–water partition coefficient (Wildman–Crippen LogP) is 3.03. The highest BCUT2D eigenvalue weighted by atomic mass is 16.6. The number of hydrogen-bond donors (Lipinski definition) is 2. The van der Waals surface area contributed by atoms with Crippen LogP contribution in [-0.2, 0) is 0 Å². The zero-order valence-corrected chi connectivity index (χ0v) is 14.0. The number of hydrogen-bond acceptors (Lipinski definition) is 5. The molecule has 3 aromatic rings. The van der Waals surface area contributed by atoms with Gasteiger partial charge >= 0.3 is 5.91 Å². The molecule has 0 aliphatic carbocycles. The Labute approximate surface area is 147 Å². The summed E-state index contributed by atoms with van der Waals surface area (Å²) in [6.07, 6.45) is 0. The van der Waals surface area contributed by atoms with Gasteiger partial charge in [0.15, 0.2) is 5.76 Å². The Kier molecular flexibility index (Phi) is 4.40. The van der Waals surface area contributed by atoms with Crippen molar-refractivity contribution in [3.05, 3.63) is 75.0 Å². The predicted molar refractivity (Wildman–Crippen MR) is 93.7 cm³/mol. The summed E-state index contributed by atoms with van der Waals surface area (Å²) < 4.78 is 5.52. The van der Waals surface area contributed by atoms with Crippen LogP contribution in [0.3, 0.4) is 0 Å². The molecule has 0 aliphatic heterocycles. The lowest BCUT2D eigenvalue weighted by atomic mass is 10.1. The first-order valence-corrected chi connectivity index (χ1v) is 7.72. The lowest BCUT2D eigenvalue weighted by Gasteiger charge is -2.07. The van der Waals surface area contributed by atoms with Gasteiger partial charge in [-0.3, -0.25) is 30.6 Å². The summed E-state index contributed by atoms with van der Waals surface area (Å²) in [6.45, 7) is 3.29. The van der Waals surface area contributed by atoms with Crippen molar-refractivity contribution in [2.24, 2.45) is 0 Å². The maximum Gasteiger partial charge on any atom is 0.305 e. The van der Waals surface area contributed by atoms with Gasteiger partial charge < -0.3 is 4.42 Å². The van der Waals surface area contributed by atoms with E-state index in [0.717, 1.165) is 5.39 Å². The summed E-state index contributed by atoms with van der Waals surface area (Å²) in [5.41, 5.74) is 6.27. The molecule has 0 fully saturated rings. The standard InChI is InChI=1S/C18H15N3O5/c1-10-9-12(7-8-14(10)21(24)25)17(22)19-20-18(23)16-11(2)13-5-3-4-6-15(13)26-16/h3-9H,1-2H3,(H,19,22)(H,20,23). The van der Waals surface area contributed by atoms with Crippen molar-refractivity contribution < 1.29 is 18.9 Å². The van der Waals surface area contributed by atoms with Crippen molar-refractivity contribution in [2.45, 2.75) is 13.8 Å². The lowest BCUT2D eigenvalue weighted by Crippen LogP contribution is -2.41. The summed E-state index contributed by atoms with van der Waals surface area (Å²) in [5, 5.41) is 11.6. The van der Waals surface area contributed by atoms with Crippen LogP contribution in [0.2, 0.25) is 0 Å². The van der Waals surface area contributed by atoms with Crippen molar-refractivity contribution in [2.75, 3.05) is 0 Å². The fourth-order valence-electron chi connectivity index (χ4n) is 2.63. The molecule has 0 unspecified atom stereocenters. The van der Waals surface area contributed by atoms with Gasteiger partial charge in [-0.15, -0.1) is 0 Å². The molecule has 8 nitrogen and oxygen atoms in total. The molecule has 3 rings (SSSR count). The fraction of sp³-hybridized carbons (Fsp3) is 0.111. The van der Waals surface area contributed by atoms with Crippen LogP contribution >= 0.6 is 0 Å². The number of hydrazine groups is 1. The molecule has 2 N–H and O–H groups in total. The van der Waals surface area contributed by atoms with Crippen LogP contribution in [0.15, 0.2) is 46.9 Å². The molecular weight excluding hydrogens is 338 g/mol. The second-order valence-electron chi connectivity index (χ2n) is 5.72. The fourth-order valence-corrected chi connectivity index (χ4v) is 2.63. The van der Waals surface area contributed by atoms with Crippen LogP contribution in [0, 0.1) is 24.0 Å². The number of furan rings is 1. The second kappa shape index (κ2) is 6.67. The van der Waals surface area contributed by atoms with Crippen molar-refractivity contribution in [1.29, 1.82) is 0 Å². The Hall–Kier alpha value is -3.68. The minimum Gasteiger partial charge on any atom is -0.451 e. The van der Waals surface area contributed by atoms with Crippen molar-refractivity contribution in [1.82, 2.24) is 10.9 Å². The van der Waals surface area contributed by atoms with Gasteiger partial charge in [0.05, 0.1) is 4.92 Å². The molecule has 0 spiro atoms. The zero-order valence-electron chi connectivity index (χ0n) is 14.0. The Morgan fingerprint density at radius 1 is 1.04 bits per heavy atom. The molecule has 132 valence electrons. The van der Waals surface area contributed by atoms with Crippen molar-refractivity contribution >= 4 is 28.5 Å². The summed E-state index contributed by atoms with van der Waals surface area (Å²) >= 11 is 0. The lowest BCUT2D eigenvalue weighted by molar-refractivity contribution is -0.385. The number of amides is 2. The van der Waals surface area contributed by atoms with Crippen LogP contribution in [0.1, 0.15) is 32.0 Å². The highest BCUT2D eigenvalue weighted by Crippen LogP contribution is 2.24. The van der Waals surface area contributed by atoms with Crippen LogP contribution in [0.4, 0.5) is 5.69 Å².